The Labute approximate surface area is 135 Å². The van der Waals surface area contributed by atoms with E-state index in [4.69, 9.17) is 0 Å². The molecule has 2 aromatic rings. The molecule has 0 bridgehead atoms. The van der Waals surface area contributed by atoms with Gasteiger partial charge in [0.25, 0.3) is 0 Å². The molecule has 0 amide bonds. The average molecular weight is 390 g/mol. The highest BCUT2D eigenvalue weighted by Gasteiger charge is 2.05. The molecule has 1 aromatic carbocycles. The van der Waals surface area contributed by atoms with Crippen molar-refractivity contribution in [1.29, 1.82) is 0 Å². The lowest BCUT2D eigenvalue weighted by Crippen LogP contribution is -2.37. The second kappa shape index (κ2) is 7.47. The molecule has 0 aliphatic rings. The predicted molar refractivity (Wildman–Crippen MR) is 92.4 cm³/mol. The Kier molecular flexibility index (Phi) is 6.25. The van der Waals surface area contributed by atoms with Gasteiger partial charge in [-0.3, -0.25) is 4.99 Å². The number of nitrogens with zero attached hydrogens (tertiary/aromatic N) is 2. The van der Waals surface area contributed by atoms with Crippen LogP contribution in [0.3, 0.4) is 0 Å². The summed E-state index contributed by atoms with van der Waals surface area (Å²) in [6.45, 7) is 0.758. The molecule has 0 unspecified atom stereocenters. The lowest BCUT2D eigenvalue weighted by atomic mass is 10.1. The lowest BCUT2D eigenvalue weighted by Gasteiger charge is -2.16. The third-order valence-corrected chi connectivity index (χ3v) is 3.04. The molecule has 2 N–H and O–H groups in total. The molecular weight excluding hydrogens is 370 g/mol. The fourth-order valence-corrected chi connectivity index (χ4v) is 2.10. The minimum atomic E-state index is -0.203. The van der Waals surface area contributed by atoms with Crippen molar-refractivity contribution >= 4 is 40.8 Å². The number of aromatic nitrogens is 1. The molecule has 0 radical (unpaired) electrons. The first kappa shape index (κ1) is 16.7. The van der Waals surface area contributed by atoms with Crippen LogP contribution in [0.25, 0.3) is 10.9 Å². The van der Waals surface area contributed by atoms with Gasteiger partial charge in [0.1, 0.15) is 5.82 Å². The van der Waals surface area contributed by atoms with Gasteiger partial charge >= 0.3 is 0 Å². The van der Waals surface area contributed by atoms with E-state index in [9.17, 15) is 4.39 Å². The SMILES string of the molecule is CN=C(NCCc1c[nH]c2ccc(F)cc12)N(C)C.I. The number of aliphatic imine (C=N–C) groups is 1. The molecular formula is C14H20FIN4. The first-order valence-electron chi connectivity index (χ1n) is 6.25. The minimum Gasteiger partial charge on any atom is -0.361 e. The maximum absolute atomic E-state index is 13.2. The number of guanidine groups is 1. The summed E-state index contributed by atoms with van der Waals surface area (Å²) in [5, 5.41) is 4.20. The van der Waals surface area contributed by atoms with Gasteiger partial charge in [0.15, 0.2) is 5.96 Å². The summed E-state index contributed by atoms with van der Waals surface area (Å²) in [5.41, 5.74) is 2.07. The summed E-state index contributed by atoms with van der Waals surface area (Å²) in [6, 6.07) is 4.80. The quantitative estimate of drug-likeness (QED) is 0.481. The van der Waals surface area contributed by atoms with Gasteiger partial charge in [-0.2, -0.15) is 0 Å². The Bertz CT molecular complexity index is 592. The molecule has 0 aliphatic heterocycles. The van der Waals surface area contributed by atoms with Crippen molar-refractivity contribution in [3.63, 3.8) is 0 Å². The van der Waals surface area contributed by atoms with Gasteiger partial charge in [0, 0.05) is 44.8 Å². The summed E-state index contributed by atoms with van der Waals surface area (Å²) in [5.74, 6) is 0.636. The molecule has 1 heterocycles. The highest BCUT2D eigenvalue weighted by atomic mass is 127. The molecule has 0 atom stereocenters. The fourth-order valence-electron chi connectivity index (χ4n) is 2.10. The monoisotopic (exact) mass is 390 g/mol. The van der Waals surface area contributed by atoms with E-state index in [0.717, 1.165) is 35.4 Å². The van der Waals surface area contributed by atoms with Crippen LogP contribution in [0.15, 0.2) is 29.4 Å². The second-order valence-corrected chi connectivity index (χ2v) is 4.62. The number of hydrogen-bond acceptors (Lipinski definition) is 1. The van der Waals surface area contributed by atoms with Crippen molar-refractivity contribution < 1.29 is 4.39 Å². The summed E-state index contributed by atoms with van der Waals surface area (Å²) in [6.07, 6.45) is 2.75. The summed E-state index contributed by atoms with van der Waals surface area (Å²) < 4.78 is 13.2. The van der Waals surface area contributed by atoms with Crippen molar-refractivity contribution in [2.75, 3.05) is 27.7 Å². The van der Waals surface area contributed by atoms with Crippen LogP contribution in [0.1, 0.15) is 5.56 Å². The number of H-pyrrole nitrogens is 1. The molecule has 0 aliphatic carbocycles. The van der Waals surface area contributed by atoms with E-state index in [2.05, 4.69) is 15.3 Å². The smallest absolute Gasteiger partial charge is 0.193 e. The Hall–Kier alpha value is -1.31. The van der Waals surface area contributed by atoms with Crippen LogP contribution in [-0.2, 0) is 6.42 Å². The Balaban J connectivity index is 0.00000200. The third kappa shape index (κ3) is 3.84. The van der Waals surface area contributed by atoms with Gasteiger partial charge in [-0.25, -0.2) is 4.39 Å². The number of benzene rings is 1. The van der Waals surface area contributed by atoms with Crippen molar-refractivity contribution in [2.45, 2.75) is 6.42 Å². The first-order chi connectivity index (χ1) is 9.11. The lowest BCUT2D eigenvalue weighted by molar-refractivity contribution is 0.583. The third-order valence-electron chi connectivity index (χ3n) is 3.04. The van der Waals surface area contributed by atoms with Crippen LogP contribution >= 0.6 is 24.0 Å². The summed E-state index contributed by atoms with van der Waals surface area (Å²) in [7, 11) is 5.64. The van der Waals surface area contributed by atoms with Crippen molar-refractivity contribution in [1.82, 2.24) is 15.2 Å². The average Bonchev–Trinajstić information content (AvgIpc) is 2.76. The normalized spacial score (nSPS) is 11.3. The van der Waals surface area contributed by atoms with Crippen LogP contribution in [0.2, 0.25) is 0 Å². The summed E-state index contributed by atoms with van der Waals surface area (Å²) in [4.78, 5) is 9.23. The molecule has 0 fully saturated rings. The second-order valence-electron chi connectivity index (χ2n) is 4.62. The highest BCUT2D eigenvalue weighted by Crippen LogP contribution is 2.19. The Morgan fingerprint density at radius 2 is 2.15 bits per heavy atom. The van der Waals surface area contributed by atoms with Crippen molar-refractivity contribution in [3.05, 3.63) is 35.8 Å². The van der Waals surface area contributed by atoms with Crippen LogP contribution in [0, 0.1) is 5.82 Å². The molecule has 2 rings (SSSR count). The van der Waals surface area contributed by atoms with Crippen LogP contribution in [0.4, 0.5) is 4.39 Å². The van der Waals surface area contributed by atoms with Crippen LogP contribution in [0.5, 0.6) is 0 Å². The van der Waals surface area contributed by atoms with E-state index < -0.39 is 0 Å². The van der Waals surface area contributed by atoms with Gasteiger partial charge in [0.05, 0.1) is 0 Å². The topological polar surface area (TPSA) is 43.4 Å². The van der Waals surface area contributed by atoms with Gasteiger partial charge in [-0.15, -0.1) is 24.0 Å². The number of nitrogens with one attached hydrogen (secondary N) is 2. The zero-order valence-corrected chi connectivity index (χ0v) is 14.2. The standard InChI is InChI=1S/C14H19FN4.HI/c1-16-14(19(2)3)17-7-6-10-9-18-13-5-4-11(15)8-12(10)13;/h4-5,8-9,18H,6-7H2,1-3H3,(H,16,17);1H. The maximum Gasteiger partial charge on any atom is 0.193 e. The summed E-state index contributed by atoms with van der Waals surface area (Å²) >= 11 is 0. The van der Waals surface area contributed by atoms with E-state index in [0.29, 0.717) is 0 Å². The number of halogens is 2. The zero-order valence-electron chi connectivity index (χ0n) is 11.9. The molecule has 0 saturated carbocycles. The van der Waals surface area contributed by atoms with E-state index in [1.54, 1.807) is 19.2 Å². The van der Waals surface area contributed by atoms with Crippen LogP contribution < -0.4 is 5.32 Å². The largest absolute Gasteiger partial charge is 0.361 e. The van der Waals surface area contributed by atoms with Gasteiger partial charge in [-0.1, -0.05) is 0 Å². The van der Waals surface area contributed by atoms with Crippen molar-refractivity contribution in [3.8, 4) is 0 Å². The van der Waals surface area contributed by atoms with E-state index in [1.165, 1.54) is 6.07 Å². The van der Waals surface area contributed by atoms with Gasteiger partial charge in [0.2, 0.25) is 0 Å². The molecule has 6 heteroatoms. The Morgan fingerprint density at radius 3 is 2.80 bits per heavy atom. The van der Waals surface area contributed by atoms with Gasteiger partial charge in [-0.05, 0) is 30.2 Å². The number of hydrogen-bond donors (Lipinski definition) is 2. The number of aromatic amines is 1. The molecule has 4 nitrogen and oxygen atoms in total. The molecule has 110 valence electrons. The molecule has 0 spiro atoms. The molecule has 0 saturated heterocycles. The van der Waals surface area contributed by atoms with E-state index in [-0.39, 0.29) is 29.8 Å². The van der Waals surface area contributed by atoms with Crippen LogP contribution in [-0.4, -0.2) is 43.5 Å². The molecule has 20 heavy (non-hydrogen) atoms. The minimum absolute atomic E-state index is 0. The van der Waals surface area contributed by atoms with E-state index in [1.807, 2.05) is 25.2 Å². The Morgan fingerprint density at radius 1 is 1.40 bits per heavy atom. The highest BCUT2D eigenvalue weighted by molar-refractivity contribution is 14.0. The fraction of sp³-hybridized carbons (Fsp3) is 0.357. The molecule has 1 aromatic heterocycles. The zero-order chi connectivity index (χ0) is 13.8. The maximum atomic E-state index is 13.2. The number of fused-ring (bicyclic) bond motifs is 1. The first-order valence-corrected chi connectivity index (χ1v) is 6.25. The van der Waals surface area contributed by atoms with Crippen molar-refractivity contribution in [2.24, 2.45) is 4.99 Å². The van der Waals surface area contributed by atoms with E-state index >= 15 is 0 Å². The predicted octanol–water partition coefficient (Wildman–Crippen LogP) is 2.60. The van der Waals surface area contributed by atoms with Gasteiger partial charge < -0.3 is 15.2 Å². The number of rotatable bonds is 3.